The molecule has 0 aromatic heterocycles. The van der Waals surface area contributed by atoms with Crippen LogP contribution >= 0.6 is 27.5 Å². The van der Waals surface area contributed by atoms with Crippen LogP contribution < -0.4 is 5.32 Å². The molecule has 0 bridgehead atoms. The first-order chi connectivity index (χ1) is 9.61. The number of carbonyl (C=O) groups is 1. The molecule has 2 rings (SSSR count). The molecule has 1 atom stereocenters. The average molecular weight is 356 g/mol. The van der Waals surface area contributed by atoms with Crippen molar-refractivity contribution in [3.63, 3.8) is 0 Å². The maximum absolute atomic E-state index is 12.2. The second-order valence-corrected chi connectivity index (χ2v) is 6.43. The van der Waals surface area contributed by atoms with Gasteiger partial charge in [-0.25, -0.2) is 0 Å². The van der Waals surface area contributed by atoms with Crippen molar-refractivity contribution in [2.75, 3.05) is 0 Å². The van der Waals surface area contributed by atoms with Crippen molar-refractivity contribution in [2.45, 2.75) is 38.1 Å². The Labute approximate surface area is 132 Å². The van der Waals surface area contributed by atoms with Crippen molar-refractivity contribution >= 4 is 33.4 Å². The van der Waals surface area contributed by atoms with E-state index >= 15 is 0 Å². The molecule has 20 heavy (non-hydrogen) atoms. The first-order valence-corrected chi connectivity index (χ1v) is 7.94. The van der Waals surface area contributed by atoms with Crippen molar-refractivity contribution in [3.8, 4) is 6.07 Å². The molecule has 1 aliphatic rings. The van der Waals surface area contributed by atoms with E-state index in [-0.39, 0.29) is 11.8 Å². The third kappa shape index (κ3) is 3.74. The largest absolute Gasteiger partial charge is 0.336 e. The molecule has 1 N–H and O–H groups in total. The topological polar surface area (TPSA) is 52.9 Å². The fourth-order valence-corrected chi connectivity index (χ4v) is 3.37. The highest BCUT2D eigenvalue weighted by molar-refractivity contribution is 9.10. The highest BCUT2D eigenvalue weighted by Crippen LogP contribution is 2.27. The molecule has 1 aromatic rings. The van der Waals surface area contributed by atoms with Gasteiger partial charge in [0.15, 0.2) is 0 Å². The van der Waals surface area contributed by atoms with Crippen LogP contribution in [0.1, 0.15) is 42.5 Å². The lowest BCUT2D eigenvalue weighted by Gasteiger charge is -2.26. The van der Waals surface area contributed by atoms with Crippen LogP contribution in [0.25, 0.3) is 0 Å². The van der Waals surface area contributed by atoms with Gasteiger partial charge in [0, 0.05) is 4.47 Å². The SMILES string of the molecule is N#CC(NC(=O)c1ccc(Br)cc1Cl)C1CCCCC1. The Kier molecular flexibility index (Phi) is 5.45. The predicted molar refractivity (Wildman–Crippen MR) is 82.6 cm³/mol. The van der Waals surface area contributed by atoms with Gasteiger partial charge in [-0.2, -0.15) is 5.26 Å². The maximum Gasteiger partial charge on any atom is 0.253 e. The van der Waals surface area contributed by atoms with Crippen LogP contribution in [0.4, 0.5) is 0 Å². The first-order valence-electron chi connectivity index (χ1n) is 6.77. The number of hydrogen-bond donors (Lipinski definition) is 1. The van der Waals surface area contributed by atoms with Crippen molar-refractivity contribution in [1.29, 1.82) is 5.26 Å². The molecule has 1 fully saturated rings. The molecular weight excluding hydrogens is 340 g/mol. The molecular formula is C15H16BrClN2O. The highest BCUT2D eigenvalue weighted by atomic mass is 79.9. The average Bonchev–Trinajstić information content (AvgIpc) is 2.45. The minimum atomic E-state index is -0.428. The number of benzene rings is 1. The molecule has 5 heteroatoms. The summed E-state index contributed by atoms with van der Waals surface area (Å²) in [4.78, 5) is 12.2. The molecule has 1 aromatic carbocycles. The summed E-state index contributed by atoms with van der Waals surface area (Å²) in [5.74, 6) is -0.0217. The number of hydrogen-bond acceptors (Lipinski definition) is 2. The summed E-state index contributed by atoms with van der Waals surface area (Å²) in [6.07, 6.45) is 5.51. The Morgan fingerprint density at radius 2 is 2.10 bits per heavy atom. The minimum absolute atomic E-state index is 0.256. The van der Waals surface area contributed by atoms with Gasteiger partial charge in [-0.3, -0.25) is 4.79 Å². The second-order valence-electron chi connectivity index (χ2n) is 5.10. The maximum atomic E-state index is 12.2. The molecule has 0 heterocycles. The van der Waals surface area contributed by atoms with E-state index in [1.807, 2.05) is 0 Å². The monoisotopic (exact) mass is 354 g/mol. The van der Waals surface area contributed by atoms with E-state index in [0.717, 1.165) is 30.2 Å². The molecule has 0 saturated heterocycles. The molecule has 0 spiro atoms. The van der Waals surface area contributed by atoms with Crippen LogP contribution in [0.15, 0.2) is 22.7 Å². The summed E-state index contributed by atoms with van der Waals surface area (Å²) in [6, 6.07) is 6.90. The quantitative estimate of drug-likeness (QED) is 0.878. The summed E-state index contributed by atoms with van der Waals surface area (Å²) in [7, 11) is 0. The zero-order valence-electron chi connectivity index (χ0n) is 11.0. The summed E-state index contributed by atoms with van der Waals surface area (Å²) < 4.78 is 0.822. The van der Waals surface area contributed by atoms with E-state index in [9.17, 15) is 10.1 Å². The number of nitrogens with one attached hydrogen (secondary N) is 1. The standard InChI is InChI=1S/C15H16BrClN2O/c16-11-6-7-12(13(17)8-11)15(20)19-14(9-18)10-4-2-1-3-5-10/h6-8,10,14H,1-5H2,(H,19,20). The number of rotatable bonds is 3. The Bertz CT molecular complexity index is 535. The van der Waals surface area contributed by atoms with Crippen LogP contribution in [-0.4, -0.2) is 11.9 Å². The third-order valence-corrected chi connectivity index (χ3v) is 4.53. The Morgan fingerprint density at radius 3 is 2.70 bits per heavy atom. The fourth-order valence-electron chi connectivity index (χ4n) is 2.62. The van der Waals surface area contributed by atoms with Gasteiger partial charge >= 0.3 is 0 Å². The van der Waals surface area contributed by atoms with Gasteiger partial charge in [0.2, 0.25) is 0 Å². The van der Waals surface area contributed by atoms with Gasteiger partial charge in [0.1, 0.15) is 6.04 Å². The van der Waals surface area contributed by atoms with E-state index in [4.69, 9.17) is 11.6 Å². The van der Waals surface area contributed by atoms with Gasteiger partial charge in [0.05, 0.1) is 16.7 Å². The van der Waals surface area contributed by atoms with Gasteiger partial charge in [-0.15, -0.1) is 0 Å². The van der Waals surface area contributed by atoms with Crippen molar-refractivity contribution < 1.29 is 4.79 Å². The van der Waals surface area contributed by atoms with Crippen LogP contribution in [0, 0.1) is 17.2 Å². The van der Waals surface area contributed by atoms with E-state index < -0.39 is 6.04 Å². The third-order valence-electron chi connectivity index (χ3n) is 3.72. The van der Waals surface area contributed by atoms with Crippen molar-refractivity contribution in [2.24, 2.45) is 5.92 Å². The van der Waals surface area contributed by atoms with Crippen molar-refractivity contribution in [1.82, 2.24) is 5.32 Å². The van der Waals surface area contributed by atoms with Crippen LogP contribution in [0.5, 0.6) is 0 Å². The Balaban J connectivity index is 2.07. The Hall–Kier alpha value is -1.05. The summed E-state index contributed by atoms with van der Waals surface area (Å²) in [5.41, 5.74) is 0.408. The smallest absolute Gasteiger partial charge is 0.253 e. The summed E-state index contributed by atoms with van der Waals surface area (Å²) >= 11 is 9.37. The zero-order valence-corrected chi connectivity index (χ0v) is 13.4. The fraction of sp³-hybridized carbons (Fsp3) is 0.467. The molecule has 0 aliphatic heterocycles. The number of nitriles is 1. The molecule has 1 unspecified atom stereocenters. The summed E-state index contributed by atoms with van der Waals surface area (Å²) in [5, 5.41) is 12.5. The molecule has 1 aliphatic carbocycles. The van der Waals surface area contributed by atoms with Gasteiger partial charge < -0.3 is 5.32 Å². The lowest BCUT2D eigenvalue weighted by molar-refractivity contribution is 0.0929. The first kappa shape index (κ1) is 15.3. The van der Waals surface area contributed by atoms with Gasteiger partial charge in [-0.1, -0.05) is 46.8 Å². The Morgan fingerprint density at radius 1 is 1.40 bits per heavy atom. The van der Waals surface area contributed by atoms with Gasteiger partial charge in [-0.05, 0) is 37.0 Å². The number of halogens is 2. The number of nitrogens with zero attached hydrogens (tertiary/aromatic N) is 1. The lowest BCUT2D eigenvalue weighted by Crippen LogP contribution is -2.40. The molecule has 1 amide bonds. The minimum Gasteiger partial charge on any atom is -0.336 e. The van der Waals surface area contributed by atoms with Crippen molar-refractivity contribution in [3.05, 3.63) is 33.3 Å². The lowest BCUT2D eigenvalue weighted by atomic mass is 9.84. The van der Waals surface area contributed by atoms with E-state index in [0.29, 0.717) is 10.6 Å². The molecule has 1 saturated carbocycles. The predicted octanol–water partition coefficient (Wildman–Crippen LogP) is 4.30. The van der Waals surface area contributed by atoms with Crippen LogP contribution in [0.2, 0.25) is 5.02 Å². The summed E-state index contributed by atoms with van der Waals surface area (Å²) in [6.45, 7) is 0. The second kappa shape index (κ2) is 7.10. The molecule has 0 radical (unpaired) electrons. The van der Waals surface area contributed by atoms with Crippen LogP contribution in [-0.2, 0) is 0 Å². The molecule has 3 nitrogen and oxygen atoms in total. The molecule has 106 valence electrons. The van der Waals surface area contributed by atoms with Gasteiger partial charge in [0.25, 0.3) is 5.91 Å². The van der Waals surface area contributed by atoms with E-state index in [1.54, 1.807) is 18.2 Å². The normalized spacial score (nSPS) is 17.2. The van der Waals surface area contributed by atoms with Crippen LogP contribution in [0.3, 0.4) is 0 Å². The number of carbonyl (C=O) groups excluding carboxylic acids is 1. The highest BCUT2D eigenvalue weighted by Gasteiger charge is 2.25. The van der Waals surface area contributed by atoms with E-state index in [1.165, 1.54) is 6.42 Å². The number of amides is 1. The van der Waals surface area contributed by atoms with E-state index in [2.05, 4.69) is 27.3 Å². The zero-order chi connectivity index (χ0) is 14.5.